The fraction of sp³-hybridized carbons (Fsp3) is 0.500. The van der Waals surface area contributed by atoms with Crippen LogP contribution in [0.2, 0.25) is 0 Å². The highest BCUT2D eigenvalue weighted by Crippen LogP contribution is 2.22. The minimum absolute atomic E-state index is 0.0857. The highest BCUT2D eigenvalue weighted by molar-refractivity contribution is 5.95. The van der Waals surface area contributed by atoms with Gasteiger partial charge in [-0.1, -0.05) is 0 Å². The average molecular weight is 290 g/mol. The minimum atomic E-state index is -0.212. The number of likely N-dealkylation sites (tertiary alicyclic amines) is 1. The zero-order chi connectivity index (χ0) is 15.6. The topological polar surface area (TPSA) is 58.6 Å². The molecule has 1 heterocycles. The SMILES string of the molecule is COc1ccc(C(=O)NC2CC(=O)N(C(C)(C)C)C2)cc1. The van der Waals surface area contributed by atoms with Crippen LogP contribution in [0, 0.1) is 0 Å². The molecule has 21 heavy (non-hydrogen) atoms. The Bertz CT molecular complexity index is 531. The van der Waals surface area contributed by atoms with Gasteiger partial charge < -0.3 is 15.0 Å². The molecule has 1 fully saturated rings. The second kappa shape index (κ2) is 5.76. The number of nitrogens with one attached hydrogen (secondary N) is 1. The number of rotatable bonds is 3. The number of ether oxygens (including phenoxy) is 1. The van der Waals surface area contributed by atoms with Crippen LogP contribution in [0.15, 0.2) is 24.3 Å². The van der Waals surface area contributed by atoms with Crippen molar-refractivity contribution < 1.29 is 14.3 Å². The molecule has 1 aromatic rings. The third-order valence-corrected chi connectivity index (χ3v) is 3.62. The van der Waals surface area contributed by atoms with Crippen molar-refractivity contribution in [3.8, 4) is 5.75 Å². The van der Waals surface area contributed by atoms with Gasteiger partial charge in [0.1, 0.15) is 5.75 Å². The van der Waals surface area contributed by atoms with E-state index in [4.69, 9.17) is 4.74 Å². The maximum Gasteiger partial charge on any atom is 0.251 e. The van der Waals surface area contributed by atoms with E-state index in [1.807, 2.05) is 25.7 Å². The first-order chi connectivity index (χ1) is 9.81. The lowest BCUT2D eigenvalue weighted by Crippen LogP contribution is -2.44. The maximum absolute atomic E-state index is 12.2. The lowest BCUT2D eigenvalue weighted by molar-refractivity contribution is -0.131. The quantitative estimate of drug-likeness (QED) is 0.924. The Balaban J connectivity index is 1.99. The molecule has 0 radical (unpaired) electrons. The van der Waals surface area contributed by atoms with Crippen molar-refractivity contribution in [1.29, 1.82) is 0 Å². The number of hydrogen-bond acceptors (Lipinski definition) is 3. The molecule has 2 rings (SSSR count). The van der Waals surface area contributed by atoms with Gasteiger partial charge in [0.2, 0.25) is 5.91 Å². The highest BCUT2D eigenvalue weighted by atomic mass is 16.5. The summed E-state index contributed by atoms with van der Waals surface area (Å²) in [5, 5.41) is 2.92. The number of hydrogen-bond donors (Lipinski definition) is 1. The summed E-state index contributed by atoms with van der Waals surface area (Å²) in [6.07, 6.45) is 0.360. The van der Waals surface area contributed by atoms with Gasteiger partial charge in [0.25, 0.3) is 5.91 Å². The first kappa shape index (κ1) is 15.4. The van der Waals surface area contributed by atoms with Crippen molar-refractivity contribution >= 4 is 11.8 Å². The first-order valence-electron chi connectivity index (χ1n) is 7.06. The standard InChI is InChI=1S/C16H22N2O3/c1-16(2,3)18-10-12(9-14(18)19)17-15(20)11-5-7-13(21-4)8-6-11/h5-8,12H,9-10H2,1-4H3,(H,17,20). The van der Waals surface area contributed by atoms with E-state index in [1.165, 1.54) is 0 Å². The predicted molar refractivity (Wildman–Crippen MR) is 80.3 cm³/mol. The molecule has 5 nitrogen and oxygen atoms in total. The molecule has 114 valence electrons. The molecule has 0 aliphatic carbocycles. The second-order valence-electron chi connectivity index (χ2n) is 6.28. The highest BCUT2D eigenvalue weighted by Gasteiger charge is 2.36. The largest absolute Gasteiger partial charge is 0.497 e. The van der Waals surface area contributed by atoms with Crippen molar-refractivity contribution in [2.45, 2.75) is 38.8 Å². The fourth-order valence-electron chi connectivity index (χ4n) is 2.46. The molecule has 1 aliphatic rings. The number of benzene rings is 1. The van der Waals surface area contributed by atoms with Crippen LogP contribution < -0.4 is 10.1 Å². The molecular weight excluding hydrogens is 268 g/mol. The zero-order valence-corrected chi connectivity index (χ0v) is 13.0. The summed E-state index contributed by atoms with van der Waals surface area (Å²) in [7, 11) is 1.58. The van der Waals surface area contributed by atoms with Gasteiger partial charge in [-0.15, -0.1) is 0 Å². The van der Waals surface area contributed by atoms with E-state index in [1.54, 1.807) is 31.4 Å². The molecule has 1 atom stereocenters. The number of methoxy groups -OCH3 is 1. The first-order valence-corrected chi connectivity index (χ1v) is 7.06. The van der Waals surface area contributed by atoms with Crippen molar-refractivity contribution in [2.75, 3.05) is 13.7 Å². The fourth-order valence-corrected chi connectivity index (χ4v) is 2.46. The van der Waals surface area contributed by atoms with E-state index < -0.39 is 0 Å². The summed E-state index contributed by atoms with van der Waals surface area (Å²) in [5.41, 5.74) is 0.355. The molecular formula is C16H22N2O3. The lowest BCUT2D eigenvalue weighted by atomic mass is 10.1. The molecule has 1 unspecified atom stereocenters. The van der Waals surface area contributed by atoms with Crippen LogP contribution in [0.5, 0.6) is 5.75 Å². The molecule has 1 saturated heterocycles. The average Bonchev–Trinajstić information content (AvgIpc) is 2.79. The summed E-state index contributed by atoms with van der Waals surface area (Å²) in [5.74, 6) is 0.634. The van der Waals surface area contributed by atoms with Crippen LogP contribution in [0.25, 0.3) is 0 Å². The van der Waals surface area contributed by atoms with Gasteiger partial charge in [0.15, 0.2) is 0 Å². The predicted octanol–water partition coefficient (Wildman–Crippen LogP) is 1.82. The number of amides is 2. The molecule has 0 aromatic heterocycles. The Morgan fingerprint density at radius 3 is 2.38 bits per heavy atom. The van der Waals surface area contributed by atoms with Gasteiger partial charge in [0, 0.05) is 24.1 Å². The normalized spacial score (nSPS) is 18.8. The molecule has 0 spiro atoms. The van der Waals surface area contributed by atoms with E-state index in [0.29, 0.717) is 24.3 Å². The molecule has 0 saturated carbocycles. The Morgan fingerprint density at radius 1 is 1.29 bits per heavy atom. The van der Waals surface area contributed by atoms with Crippen LogP contribution in [0.4, 0.5) is 0 Å². The number of carbonyl (C=O) groups is 2. The molecule has 1 aromatic carbocycles. The lowest BCUT2D eigenvalue weighted by Gasteiger charge is -2.32. The molecule has 1 aliphatic heterocycles. The van der Waals surface area contributed by atoms with Crippen LogP contribution >= 0.6 is 0 Å². The second-order valence-corrected chi connectivity index (χ2v) is 6.28. The van der Waals surface area contributed by atoms with Crippen LogP contribution in [-0.2, 0) is 4.79 Å². The van der Waals surface area contributed by atoms with Crippen molar-refractivity contribution in [3.05, 3.63) is 29.8 Å². The number of nitrogens with zero attached hydrogens (tertiary/aromatic N) is 1. The maximum atomic E-state index is 12.2. The zero-order valence-electron chi connectivity index (χ0n) is 13.0. The van der Waals surface area contributed by atoms with Crippen LogP contribution in [0.3, 0.4) is 0 Å². The van der Waals surface area contributed by atoms with Crippen molar-refractivity contribution in [1.82, 2.24) is 10.2 Å². The summed E-state index contributed by atoms with van der Waals surface area (Å²) in [6.45, 7) is 6.56. The van der Waals surface area contributed by atoms with Gasteiger partial charge in [-0.2, -0.15) is 0 Å². The summed E-state index contributed by atoms with van der Waals surface area (Å²) in [4.78, 5) is 26.0. The number of carbonyl (C=O) groups excluding carboxylic acids is 2. The summed E-state index contributed by atoms with van der Waals surface area (Å²) < 4.78 is 5.06. The van der Waals surface area contributed by atoms with Gasteiger partial charge >= 0.3 is 0 Å². The molecule has 5 heteroatoms. The van der Waals surface area contributed by atoms with E-state index in [0.717, 1.165) is 0 Å². The van der Waals surface area contributed by atoms with Gasteiger partial charge in [-0.05, 0) is 45.0 Å². The Kier molecular flexibility index (Phi) is 4.21. The monoisotopic (exact) mass is 290 g/mol. The van der Waals surface area contributed by atoms with E-state index in [2.05, 4.69) is 5.32 Å². The minimum Gasteiger partial charge on any atom is -0.497 e. The van der Waals surface area contributed by atoms with Crippen LogP contribution in [0.1, 0.15) is 37.6 Å². The van der Waals surface area contributed by atoms with E-state index in [9.17, 15) is 9.59 Å². The Morgan fingerprint density at radius 2 is 1.90 bits per heavy atom. The van der Waals surface area contributed by atoms with Gasteiger partial charge in [0.05, 0.1) is 13.2 Å². The van der Waals surface area contributed by atoms with Crippen molar-refractivity contribution in [2.24, 2.45) is 0 Å². The van der Waals surface area contributed by atoms with Gasteiger partial charge in [-0.3, -0.25) is 9.59 Å². The van der Waals surface area contributed by atoms with Crippen molar-refractivity contribution in [3.63, 3.8) is 0 Å². The third kappa shape index (κ3) is 3.54. The molecule has 0 bridgehead atoms. The Hall–Kier alpha value is -2.04. The van der Waals surface area contributed by atoms with Crippen LogP contribution in [-0.4, -0.2) is 41.9 Å². The van der Waals surface area contributed by atoms with E-state index >= 15 is 0 Å². The Labute approximate surface area is 125 Å². The molecule has 1 N–H and O–H groups in total. The van der Waals surface area contributed by atoms with E-state index in [-0.39, 0.29) is 23.4 Å². The third-order valence-electron chi connectivity index (χ3n) is 3.62. The summed E-state index contributed by atoms with van der Waals surface area (Å²) >= 11 is 0. The summed E-state index contributed by atoms with van der Waals surface area (Å²) in [6, 6.07) is 6.79. The molecule has 2 amide bonds. The smallest absolute Gasteiger partial charge is 0.251 e. The van der Waals surface area contributed by atoms with Gasteiger partial charge in [-0.25, -0.2) is 0 Å².